The monoisotopic (exact) mass is 530 g/mol. The van der Waals surface area contributed by atoms with Crippen LogP contribution in [0.2, 0.25) is 0 Å². The van der Waals surface area contributed by atoms with E-state index in [-0.39, 0.29) is 55.9 Å². The molecule has 1 N–H and O–H groups in total. The summed E-state index contributed by atoms with van der Waals surface area (Å²) in [7, 11) is 6.20. The minimum atomic E-state index is -0.990. The molecule has 0 aliphatic rings. The number of hydrogen-bond acceptors (Lipinski definition) is 7. The summed E-state index contributed by atoms with van der Waals surface area (Å²) in [6.45, 7) is 16.8. The molecule has 0 saturated heterocycles. The summed E-state index contributed by atoms with van der Waals surface area (Å²) in [6, 6.07) is 0. The van der Waals surface area contributed by atoms with E-state index in [4.69, 9.17) is 14.2 Å². The summed E-state index contributed by atoms with van der Waals surface area (Å²) < 4.78 is 17.3. The smallest absolute Gasteiger partial charge is 0.311 e. The Kier molecular flexibility index (Phi) is 14.6. The van der Waals surface area contributed by atoms with E-state index in [0.717, 1.165) is 17.4 Å². The van der Waals surface area contributed by atoms with Crippen molar-refractivity contribution in [2.75, 3.05) is 60.7 Å². The van der Waals surface area contributed by atoms with Crippen molar-refractivity contribution in [3.8, 4) is 0 Å². The lowest BCUT2D eigenvalue weighted by Crippen LogP contribution is -2.41. The molecule has 218 valence electrons. The van der Waals surface area contributed by atoms with Crippen LogP contribution in [0.3, 0.4) is 0 Å². The summed E-state index contributed by atoms with van der Waals surface area (Å²) >= 11 is 0. The van der Waals surface area contributed by atoms with E-state index in [1.165, 1.54) is 0 Å². The largest absolute Gasteiger partial charge is 0.466 e. The van der Waals surface area contributed by atoms with Gasteiger partial charge in [-0.25, -0.2) is 0 Å². The number of carbonyl (C=O) groups is 3. The van der Waals surface area contributed by atoms with Crippen molar-refractivity contribution >= 4 is 17.7 Å². The molecule has 37 heavy (non-hydrogen) atoms. The molecule has 0 rings (SSSR count). The lowest BCUT2D eigenvalue weighted by molar-refractivity contribution is -0.870. The van der Waals surface area contributed by atoms with E-state index in [1.807, 2.05) is 41.5 Å². The van der Waals surface area contributed by atoms with Gasteiger partial charge in [0.25, 0.3) is 0 Å². The first-order valence-corrected chi connectivity index (χ1v) is 13.7. The zero-order chi connectivity index (χ0) is 29.1. The van der Waals surface area contributed by atoms with E-state index in [0.29, 0.717) is 13.0 Å². The number of carbonyl (C=O) groups excluding carboxylic acids is 3. The lowest BCUT2D eigenvalue weighted by Gasteiger charge is -2.38. The fraction of sp³-hybridized carbons (Fsp3) is 0.897. The highest BCUT2D eigenvalue weighted by atomic mass is 16.5. The molecule has 0 bridgehead atoms. The molecule has 0 amide bonds. The Labute approximate surface area is 226 Å². The highest BCUT2D eigenvalue weighted by molar-refractivity contribution is 5.84. The highest BCUT2D eigenvalue weighted by Crippen LogP contribution is 2.43. The average molecular weight is 531 g/mol. The average Bonchev–Trinajstić information content (AvgIpc) is 2.75. The van der Waals surface area contributed by atoms with Crippen LogP contribution in [0.25, 0.3) is 0 Å². The fourth-order valence-electron chi connectivity index (χ4n) is 4.81. The quantitative estimate of drug-likeness (QED) is 0.160. The topological polar surface area (TPSA) is 99.1 Å². The van der Waals surface area contributed by atoms with E-state index < -0.39 is 29.2 Å². The van der Waals surface area contributed by atoms with E-state index in [1.54, 1.807) is 13.8 Å². The molecule has 0 aliphatic carbocycles. The molecule has 0 aromatic rings. The van der Waals surface area contributed by atoms with Gasteiger partial charge in [-0.05, 0) is 43.9 Å². The minimum Gasteiger partial charge on any atom is -0.466 e. The number of ketones is 1. The van der Waals surface area contributed by atoms with Crippen LogP contribution < -0.4 is 0 Å². The Morgan fingerprint density at radius 2 is 1.51 bits per heavy atom. The van der Waals surface area contributed by atoms with Gasteiger partial charge in [0.15, 0.2) is 5.78 Å². The first kappa shape index (κ1) is 35.5. The van der Waals surface area contributed by atoms with Crippen LogP contribution in [-0.2, 0) is 28.6 Å². The predicted molar refractivity (Wildman–Crippen MR) is 146 cm³/mol. The number of quaternary nitrogens is 1. The SMILES string of the molecule is CCOC(=O)C(CC(C(=O)COCC[N+](C)(C)C)C(C)(C)CC)CC(C)(CC(C)(C)C)C(=O)OCCO. The van der Waals surface area contributed by atoms with Crippen molar-refractivity contribution in [3.05, 3.63) is 0 Å². The van der Waals surface area contributed by atoms with Crippen molar-refractivity contribution in [1.82, 2.24) is 0 Å². The second kappa shape index (κ2) is 15.2. The van der Waals surface area contributed by atoms with Crippen molar-refractivity contribution in [3.63, 3.8) is 0 Å². The van der Waals surface area contributed by atoms with Crippen LogP contribution in [0.15, 0.2) is 0 Å². The maximum Gasteiger partial charge on any atom is 0.311 e. The predicted octanol–water partition coefficient (Wildman–Crippen LogP) is 4.27. The van der Waals surface area contributed by atoms with Gasteiger partial charge in [0.2, 0.25) is 0 Å². The summed E-state index contributed by atoms with van der Waals surface area (Å²) in [6.07, 6.45) is 1.68. The standard InChI is InChI=1S/C29H56NO7/c1-12-28(6,7)23(24(32)20-35-16-14-30(9,10)11)18-22(25(33)36-13-2)19-29(8,21-27(3,4)5)26(34)37-17-15-31/h22-23,31H,12-21H2,1-11H3/q+1. The molecular formula is C29H56NO7+. The molecule has 8 nitrogen and oxygen atoms in total. The van der Waals surface area contributed by atoms with Gasteiger partial charge in [0.1, 0.15) is 19.8 Å². The zero-order valence-electron chi connectivity index (χ0n) is 25.6. The summed E-state index contributed by atoms with van der Waals surface area (Å²) in [5, 5.41) is 9.18. The third-order valence-corrected chi connectivity index (χ3v) is 6.97. The summed E-state index contributed by atoms with van der Waals surface area (Å²) in [5.74, 6) is -2.01. The maximum absolute atomic E-state index is 13.5. The van der Waals surface area contributed by atoms with Crippen LogP contribution in [-0.4, -0.2) is 88.0 Å². The van der Waals surface area contributed by atoms with Crippen molar-refractivity contribution in [2.24, 2.45) is 28.1 Å². The second-order valence-corrected chi connectivity index (χ2v) is 13.5. The number of likely N-dealkylation sites (N-methyl/N-ethyl adjacent to an activating group) is 1. The van der Waals surface area contributed by atoms with Gasteiger partial charge in [-0.1, -0.05) is 48.0 Å². The van der Waals surface area contributed by atoms with Crippen LogP contribution in [0.4, 0.5) is 0 Å². The minimum absolute atomic E-state index is 0.0125. The van der Waals surface area contributed by atoms with Gasteiger partial charge >= 0.3 is 11.9 Å². The van der Waals surface area contributed by atoms with Crippen LogP contribution >= 0.6 is 0 Å². The van der Waals surface area contributed by atoms with Gasteiger partial charge in [-0.3, -0.25) is 14.4 Å². The summed E-state index contributed by atoms with van der Waals surface area (Å²) in [4.78, 5) is 39.8. The molecule has 3 atom stereocenters. The Hall–Kier alpha value is -1.51. The molecule has 8 heteroatoms. The molecule has 0 saturated carbocycles. The van der Waals surface area contributed by atoms with Gasteiger partial charge in [0, 0.05) is 5.92 Å². The third kappa shape index (κ3) is 13.7. The second-order valence-electron chi connectivity index (χ2n) is 13.5. The number of aliphatic hydroxyl groups is 1. The molecular weight excluding hydrogens is 474 g/mol. The Morgan fingerprint density at radius 1 is 0.919 bits per heavy atom. The molecule has 0 radical (unpaired) electrons. The van der Waals surface area contributed by atoms with Crippen LogP contribution in [0.5, 0.6) is 0 Å². The Morgan fingerprint density at radius 3 is 1.97 bits per heavy atom. The highest BCUT2D eigenvalue weighted by Gasteiger charge is 2.45. The van der Waals surface area contributed by atoms with E-state index in [2.05, 4.69) is 21.1 Å². The van der Waals surface area contributed by atoms with Gasteiger partial charge in [-0.2, -0.15) is 0 Å². The number of hydrogen-bond donors (Lipinski definition) is 1. The molecule has 0 fully saturated rings. The van der Waals surface area contributed by atoms with Crippen molar-refractivity contribution in [1.29, 1.82) is 0 Å². The Balaban J connectivity index is 6.08. The van der Waals surface area contributed by atoms with Crippen LogP contribution in [0, 0.1) is 28.1 Å². The van der Waals surface area contributed by atoms with Gasteiger partial charge in [-0.15, -0.1) is 0 Å². The summed E-state index contributed by atoms with van der Waals surface area (Å²) in [5.41, 5.74) is -1.58. The van der Waals surface area contributed by atoms with Crippen molar-refractivity contribution in [2.45, 2.75) is 81.1 Å². The number of rotatable bonds is 18. The van der Waals surface area contributed by atoms with Gasteiger partial charge in [0.05, 0.1) is 52.3 Å². The third-order valence-electron chi connectivity index (χ3n) is 6.97. The maximum atomic E-state index is 13.5. The number of nitrogens with zero attached hydrogens (tertiary/aromatic N) is 1. The van der Waals surface area contributed by atoms with Crippen molar-refractivity contribution < 1.29 is 38.2 Å². The molecule has 0 aliphatic heterocycles. The molecule has 0 heterocycles. The molecule has 0 aromatic carbocycles. The van der Waals surface area contributed by atoms with E-state index in [9.17, 15) is 19.5 Å². The normalized spacial score (nSPS) is 16.0. The number of aliphatic hydroxyl groups excluding tert-OH is 1. The number of esters is 2. The molecule has 3 unspecified atom stereocenters. The molecule has 0 spiro atoms. The fourth-order valence-corrected chi connectivity index (χ4v) is 4.81. The first-order chi connectivity index (χ1) is 16.8. The number of ether oxygens (including phenoxy) is 3. The Bertz CT molecular complexity index is 721. The lowest BCUT2D eigenvalue weighted by atomic mass is 9.66. The van der Waals surface area contributed by atoms with Gasteiger partial charge < -0.3 is 23.8 Å². The van der Waals surface area contributed by atoms with E-state index >= 15 is 0 Å². The first-order valence-electron chi connectivity index (χ1n) is 13.7. The number of Topliss-reactive ketones (excluding diaryl/α,β-unsaturated/α-hetero) is 1. The van der Waals surface area contributed by atoms with Crippen LogP contribution in [0.1, 0.15) is 81.1 Å². The molecule has 0 aromatic heterocycles. The zero-order valence-corrected chi connectivity index (χ0v) is 25.6.